The first-order valence-electron chi connectivity index (χ1n) is 7.01. The molecule has 2 aliphatic carbocycles. The molecule has 3 atom stereocenters. The predicted octanol–water partition coefficient (Wildman–Crippen LogP) is 3.68. The summed E-state index contributed by atoms with van der Waals surface area (Å²) in [4.78, 5) is 12.3. The number of benzene rings is 1. The van der Waals surface area contributed by atoms with Crippen molar-refractivity contribution in [2.75, 3.05) is 5.32 Å². The SMILES string of the molecule is Cc1cc(C)cc(NC(=O)[C@H]2C[C@H]3CC[C@@H]2C3)c1. The maximum atomic E-state index is 12.3. The molecule has 0 heterocycles. The largest absolute Gasteiger partial charge is 0.326 e. The van der Waals surface area contributed by atoms with E-state index >= 15 is 0 Å². The topological polar surface area (TPSA) is 29.1 Å². The van der Waals surface area contributed by atoms with E-state index in [9.17, 15) is 4.79 Å². The van der Waals surface area contributed by atoms with Crippen LogP contribution in [0, 0.1) is 31.6 Å². The van der Waals surface area contributed by atoms with Crippen molar-refractivity contribution in [3.63, 3.8) is 0 Å². The van der Waals surface area contributed by atoms with Crippen LogP contribution in [0.3, 0.4) is 0 Å². The van der Waals surface area contributed by atoms with E-state index in [0.29, 0.717) is 5.92 Å². The minimum Gasteiger partial charge on any atom is -0.326 e. The Labute approximate surface area is 109 Å². The second-order valence-electron chi connectivity index (χ2n) is 6.15. The molecule has 2 bridgehead atoms. The smallest absolute Gasteiger partial charge is 0.227 e. The van der Waals surface area contributed by atoms with Crippen LogP contribution < -0.4 is 5.32 Å². The van der Waals surface area contributed by atoms with Crippen LogP contribution in [-0.4, -0.2) is 5.91 Å². The monoisotopic (exact) mass is 243 g/mol. The summed E-state index contributed by atoms with van der Waals surface area (Å²) in [6.45, 7) is 4.14. The predicted molar refractivity (Wildman–Crippen MR) is 73.5 cm³/mol. The highest BCUT2D eigenvalue weighted by atomic mass is 16.1. The summed E-state index contributed by atoms with van der Waals surface area (Å²) in [5.74, 6) is 1.99. The van der Waals surface area contributed by atoms with Crippen LogP contribution >= 0.6 is 0 Å². The van der Waals surface area contributed by atoms with Gasteiger partial charge in [-0.3, -0.25) is 4.79 Å². The molecule has 2 saturated carbocycles. The number of hydrogen-bond acceptors (Lipinski definition) is 1. The maximum Gasteiger partial charge on any atom is 0.227 e. The molecule has 0 spiro atoms. The van der Waals surface area contributed by atoms with Gasteiger partial charge < -0.3 is 5.32 Å². The Morgan fingerprint density at radius 2 is 1.83 bits per heavy atom. The Kier molecular flexibility index (Phi) is 2.89. The molecule has 3 rings (SSSR count). The first kappa shape index (κ1) is 11.8. The molecule has 0 unspecified atom stereocenters. The molecular weight excluding hydrogens is 222 g/mol. The molecular formula is C16H21NO. The van der Waals surface area contributed by atoms with Crippen molar-refractivity contribution in [1.29, 1.82) is 0 Å². The van der Waals surface area contributed by atoms with Gasteiger partial charge in [0.2, 0.25) is 5.91 Å². The minimum absolute atomic E-state index is 0.243. The second-order valence-corrected chi connectivity index (χ2v) is 6.15. The van der Waals surface area contributed by atoms with Crippen LogP contribution in [-0.2, 0) is 4.79 Å². The fraction of sp³-hybridized carbons (Fsp3) is 0.562. The third kappa shape index (κ3) is 2.16. The Bertz CT molecular complexity index is 460. The highest BCUT2D eigenvalue weighted by molar-refractivity contribution is 5.93. The number of aryl methyl sites for hydroxylation is 2. The van der Waals surface area contributed by atoms with Crippen LogP contribution in [0.5, 0.6) is 0 Å². The Morgan fingerprint density at radius 3 is 2.39 bits per heavy atom. The van der Waals surface area contributed by atoms with Crippen molar-refractivity contribution >= 4 is 11.6 Å². The Hall–Kier alpha value is -1.31. The number of carbonyl (C=O) groups is 1. The van der Waals surface area contributed by atoms with Crippen LogP contribution in [0.2, 0.25) is 0 Å². The van der Waals surface area contributed by atoms with Crippen molar-refractivity contribution in [3.05, 3.63) is 29.3 Å². The Balaban J connectivity index is 1.70. The van der Waals surface area contributed by atoms with E-state index < -0.39 is 0 Å². The molecule has 96 valence electrons. The number of amides is 1. The summed E-state index contributed by atoms with van der Waals surface area (Å²) < 4.78 is 0. The summed E-state index contributed by atoms with van der Waals surface area (Å²) in [5, 5.41) is 3.11. The fourth-order valence-corrected chi connectivity index (χ4v) is 3.85. The molecule has 1 N–H and O–H groups in total. The van der Waals surface area contributed by atoms with E-state index in [0.717, 1.165) is 18.0 Å². The first-order valence-corrected chi connectivity index (χ1v) is 7.01. The molecule has 0 radical (unpaired) electrons. The average Bonchev–Trinajstić information content (AvgIpc) is 2.88. The molecule has 1 amide bonds. The zero-order valence-corrected chi connectivity index (χ0v) is 11.2. The van der Waals surface area contributed by atoms with Crippen LogP contribution in [0.25, 0.3) is 0 Å². The lowest BCUT2D eigenvalue weighted by atomic mass is 9.88. The average molecular weight is 243 g/mol. The van der Waals surface area contributed by atoms with Gasteiger partial charge in [0.1, 0.15) is 0 Å². The van der Waals surface area contributed by atoms with Gasteiger partial charge in [-0.1, -0.05) is 12.5 Å². The first-order chi connectivity index (χ1) is 8.61. The maximum absolute atomic E-state index is 12.3. The summed E-state index contributed by atoms with van der Waals surface area (Å²) in [5.41, 5.74) is 3.37. The quantitative estimate of drug-likeness (QED) is 0.843. The standard InChI is InChI=1S/C16H21NO/c1-10-5-11(2)7-14(6-10)17-16(18)15-9-12-3-4-13(15)8-12/h5-7,12-13,15H,3-4,8-9H2,1-2H3,(H,17,18)/t12-,13+,15-/m0/s1. The number of fused-ring (bicyclic) bond motifs is 2. The molecule has 1 aromatic rings. The molecule has 1 aromatic carbocycles. The van der Waals surface area contributed by atoms with Crippen molar-refractivity contribution in [2.45, 2.75) is 39.5 Å². The minimum atomic E-state index is 0.243. The number of rotatable bonds is 2. The molecule has 0 aliphatic heterocycles. The van der Waals surface area contributed by atoms with E-state index in [4.69, 9.17) is 0 Å². The van der Waals surface area contributed by atoms with Gasteiger partial charge in [-0.25, -0.2) is 0 Å². The van der Waals surface area contributed by atoms with E-state index in [1.54, 1.807) is 0 Å². The number of carbonyl (C=O) groups excluding carboxylic acids is 1. The highest BCUT2D eigenvalue weighted by Crippen LogP contribution is 2.48. The number of anilines is 1. The lowest BCUT2D eigenvalue weighted by molar-refractivity contribution is -0.121. The third-order valence-corrected chi connectivity index (χ3v) is 4.56. The molecule has 18 heavy (non-hydrogen) atoms. The van der Waals surface area contributed by atoms with Gasteiger partial charge in [-0.05, 0) is 68.2 Å². The molecule has 0 saturated heterocycles. The van der Waals surface area contributed by atoms with E-state index in [1.807, 2.05) is 0 Å². The number of hydrogen-bond donors (Lipinski definition) is 1. The highest BCUT2D eigenvalue weighted by Gasteiger charge is 2.42. The number of nitrogens with one attached hydrogen (secondary N) is 1. The van der Waals surface area contributed by atoms with Crippen molar-refractivity contribution in [1.82, 2.24) is 0 Å². The van der Waals surface area contributed by atoms with Gasteiger partial charge in [-0.15, -0.1) is 0 Å². The van der Waals surface area contributed by atoms with Crippen molar-refractivity contribution < 1.29 is 4.79 Å². The molecule has 2 aliphatic rings. The van der Waals surface area contributed by atoms with Crippen LogP contribution in [0.15, 0.2) is 18.2 Å². The normalized spacial score (nSPS) is 29.6. The van der Waals surface area contributed by atoms with Gasteiger partial charge in [-0.2, -0.15) is 0 Å². The molecule has 0 aromatic heterocycles. The van der Waals surface area contributed by atoms with E-state index in [1.165, 1.54) is 30.4 Å². The summed E-state index contributed by atoms with van der Waals surface area (Å²) in [6.07, 6.45) is 5.00. The van der Waals surface area contributed by atoms with Gasteiger partial charge in [0, 0.05) is 11.6 Å². The van der Waals surface area contributed by atoms with Gasteiger partial charge in [0.15, 0.2) is 0 Å². The van der Waals surface area contributed by atoms with Crippen molar-refractivity contribution in [3.8, 4) is 0 Å². The molecule has 2 fully saturated rings. The third-order valence-electron chi connectivity index (χ3n) is 4.56. The summed E-state index contributed by atoms with van der Waals surface area (Å²) in [6, 6.07) is 6.24. The van der Waals surface area contributed by atoms with Crippen LogP contribution in [0.1, 0.15) is 36.8 Å². The lowest BCUT2D eigenvalue weighted by Gasteiger charge is -2.21. The zero-order valence-electron chi connectivity index (χ0n) is 11.2. The molecule has 2 nitrogen and oxygen atoms in total. The van der Waals surface area contributed by atoms with Gasteiger partial charge >= 0.3 is 0 Å². The van der Waals surface area contributed by atoms with E-state index in [2.05, 4.69) is 37.4 Å². The van der Waals surface area contributed by atoms with E-state index in [-0.39, 0.29) is 11.8 Å². The summed E-state index contributed by atoms with van der Waals surface area (Å²) in [7, 11) is 0. The zero-order chi connectivity index (χ0) is 12.7. The summed E-state index contributed by atoms with van der Waals surface area (Å²) >= 11 is 0. The fourth-order valence-electron chi connectivity index (χ4n) is 3.85. The molecule has 2 heteroatoms. The second kappa shape index (κ2) is 4.42. The van der Waals surface area contributed by atoms with Crippen LogP contribution in [0.4, 0.5) is 5.69 Å². The van der Waals surface area contributed by atoms with Gasteiger partial charge in [0.05, 0.1) is 0 Å². The van der Waals surface area contributed by atoms with Gasteiger partial charge in [0.25, 0.3) is 0 Å². The lowest BCUT2D eigenvalue weighted by Crippen LogP contribution is -2.27. The Morgan fingerprint density at radius 1 is 1.11 bits per heavy atom. The van der Waals surface area contributed by atoms with Crippen molar-refractivity contribution in [2.24, 2.45) is 17.8 Å².